The van der Waals surface area contributed by atoms with Crippen LogP contribution < -0.4 is 5.19 Å². The van der Waals surface area contributed by atoms with Gasteiger partial charge in [0.05, 0.1) is 13.7 Å². The van der Waals surface area contributed by atoms with Crippen molar-refractivity contribution in [3.8, 4) is 33.6 Å². The molecule has 7 aromatic rings. The van der Waals surface area contributed by atoms with E-state index in [0.717, 1.165) is 44.5 Å². The van der Waals surface area contributed by atoms with Crippen LogP contribution in [0.3, 0.4) is 0 Å². The number of nitrogens with zero attached hydrogens (tertiary/aromatic N) is 2. The normalized spacial score (nSPS) is 11.0. The Balaban J connectivity index is 0.000000169. The Labute approximate surface area is 261 Å². The van der Waals surface area contributed by atoms with Crippen LogP contribution in [0.15, 0.2) is 132 Å². The third-order valence-electron chi connectivity index (χ3n) is 6.99. The van der Waals surface area contributed by atoms with E-state index in [2.05, 4.69) is 84.2 Å². The van der Waals surface area contributed by atoms with E-state index in [9.17, 15) is 0 Å². The van der Waals surface area contributed by atoms with E-state index in [4.69, 9.17) is 4.42 Å². The van der Waals surface area contributed by atoms with Crippen LogP contribution in [0, 0.1) is 12.1 Å². The van der Waals surface area contributed by atoms with E-state index in [0.29, 0.717) is 0 Å². The first-order chi connectivity index (χ1) is 20.0. The number of hydrogen-bond acceptors (Lipinski definition) is 3. The zero-order chi connectivity index (χ0) is 28.2. The Bertz CT molecular complexity index is 1860. The third kappa shape index (κ3) is 6.34. The number of benzene rings is 4. The summed E-state index contributed by atoms with van der Waals surface area (Å²) >= 11 is 0. The summed E-state index contributed by atoms with van der Waals surface area (Å²) < 4.78 is 6.15. The molecule has 4 aromatic carbocycles. The number of hydrogen-bond donors (Lipinski definition) is 0. The molecule has 0 aliphatic carbocycles. The van der Waals surface area contributed by atoms with E-state index in [1.165, 1.54) is 16.3 Å². The van der Waals surface area contributed by atoms with Crippen molar-refractivity contribution in [1.82, 2.24) is 9.97 Å². The Hall–Kier alpha value is -4.15. The largest absolute Gasteiger partial charge is 0.501 e. The predicted molar refractivity (Wildman–Crippen MR) is 173 cm³/mol. The minimum Gasteiger partial charge on any atom is -0.501 e. The minimum absolute atomic E-state index is 0. The molecule has 0 aliphatic rings. The molecule has 209 valence electrons. The summed E-state index contributed by atoms with van der Waals surface area (Å²) in [7, 11) is -1.50. The van der Waals surface area contributed by atoms with Crippen LogP contribution in [0.25, 0.3) is 55.6 Å². The van der Waals surface area contributed by atoms with Gasteiger partial charge in [0.1, 0.15) is 5.58 Å². The second-order valence-electron chi connectivity index (χ2n) is 10.9. The van der Waals surface area contributed by atoms with Gasteiger partial charge in [-0.05, 0) is 35.2 Å². The molecule has 0 saturated heterocycles. The van der Waals surface area contributed by atoms with Crippen LogP contribution >= 0.6 is 0 Å². The van der Waals surface area contributed by atoms with Gasteiger partial charge in [0.2, 0.25) is 0 Å². The van der Waals surface area contributed by atoms with Gasteiger partial charge in [-0.1, -0.05) is 103 Å². The average Bonchev–Trinajstić information content (AvgIpc) is 3.41. The van der Waals surface area contributed by atoms with Crippen LogP contribution in [-0.2, 0) is 20.1 Å². The number of fused-ring (bicyclic) bond motifs is 3. The maximum absolute atomic E-state index is 6.15. The van der Waals surface area contributed by atoms with Crippen molar-refractivity contribution in [3.63, 3.8) is 0 Å². The summed E-state index contributed by atoms with van der Waals surface area (Å²) in [5.74, 6) is 0. The smallest absolute Gasteiger partial charge is 0.120 e. The van der Waals surface area contributed by atoms with Gasteiger partial charge in [0, 0.05) is 37.9 Å². The summed E-state index contributed by atoms with van der Waals surface area (Å²) in [6.07, 6.45) is 3.62. The van der Waals surface area contributed by atoms with Crippen molar-refractivity contribution in [3.05, 3.63) is 140 Å². The van der Waals surface area contributed by atoms with Crippen LogP contribution in [0.5, 0.6) is 0 Å². The first-order valence-corrected chi connectivity index (χ1v) is 17.3. The molecule has 7 rings (SSSR count). The maximum Gasteiger partial charge on any atom is 0.120 e. The molecular formula is C37H30IrN2OSi-2. The molecule has 0 saturated carbocycles. The van der Waals surface area contributed by atoms with Crippen molar-refractivity contribution < 1.29 is 24.5 Å². The molecule has 5 heteroatoms. The van der Waals surface area contributed by atoms with Gasteiger partial charge >= 0.3 is 0 Å². The summed E-state index contributed by atoms with van der Waals surface area (Å²) in [6, 6.07) is 45.7. The number of aromatic nitrogens is 2. The first-order valence-electron chi connectivity index (χ1n) is 13.8. The fraction of sp³-hybridized carbons (Fsp3) is 0.0811. The van der Waals surface area contributed by atoms with E-state index in [-0.39, 0.29) is 20.1 Å². The average molecular weight is 739 g/mol. The summed E-state index contributed by atoms with van der Waals surface area (Å²) in [5, 5.41) is 3.63. The molecule has 0 amide bonds. The summed E-state index contributed by atoms with van der Waals surface area (Å²) in [5.41, 5.74) is 8.06. The van der Waals surface area contributed by atoms with Crippen LogP contribution in [0.4, 0.5) is 0 Å². The molecule has 0 bridgehead atoms. The molecule has 0 unspecified atom stereocenters. The maximum atomic E-state index is 6.15. The van der Waals surface area contributed by atoms with Crippen LogP contribution in [-0.4, -0.2) is 18.0 Å². The van der Waals surface area contributed by atoms with Gasteiger partial charge in [-0.25, -0.2) is 0 Å². The Morgan fingerprint density at radius 3 is 2.00 bits per heavy atom. The molecule has 0 fully saturated rings. The van der Waals surface area contributed by atoms with E-state index in [1.807, 2.05) is 79.0 Å². The first kappa shape index (κ1) is 29.3. The van der Waals surface area contributed by atoms with E-state index < -0.39 is 8.07 Å². The molecule has 3 heterocycles. The number of rotatable bonds is 4. The van der Waals surface area contributed by atoms with Gasteiger partial charge in [0.15, 0.2) is 0 Å². The zero-order valence-corrected chi connectivity index (χ0v) is 27.2. The predicted octanol–water partition coefficient (Wildman–Crippen LogP) is 9.21. The Morgan fingerprint density at radius 2 is 1.31 bits per heavy atom. The topological polar surface area (TPSA) is 38.9 Å². The molecule has 42 heavy (non-hydrogen) atoms. The van der Waals surface area contributed by atoms with Crippen molar-refractivity contribution in [1.29, 1.82) is 0 Å². The SMILES string of the molecule is C[Si](C)(C)c1[c-]c(-c2ccccn2)c2oc3ccccc3c2c1.[Ir].[c-]1ccc(-c2ccccc2)cc1-c1ccccn1. The molecule has 3 nitrogen and oxygen atoms in total. The van der Waals surface area contributed by atoms with Crippen molar-refractivity contribution >= 4 is 35.2 Å². The molecule has 0 atom stereocenters. The van der Waals surface area contributed by atoms with Gasteiger partial charge in [-0.3, -0.25) is 0 Å². The van der Waals surface area contributed by atoms with Crippen LogP contribution in [0.2, 0.25) is 19.6 Å². The second kappa shape index (κ2) is 12.8. The fourth-order valence-corrected chi connectivity index (χ4v) is 5.89. The Morgan fingerprint density at radius 1 is 0.643 bits per heavy atom. The van der Waals surface area contributed by atoms with Crippen molar-refractivity contribution in [2.75, 3.05) is 0 Å². The van der Waals surface area contributed by atoms with Crippen LogP contribution in [0.1, 0.15) is 0 Å². The third-order valence-corrected chi connectivity index (χ3v) is 8.87. The molecule has 3 aromatic heterocycles. The number of pyridine rings is 2. The fourth-order valence-electron chi connectivity index (χ4n) is 4.81. The van der Waals surface area contributed by atoms with Gasteiger partial charge in [-0.2, -0.15) is 0 Å². The summed E-state index contributed by atoms with van der Waals surface area (Å²) in [4.78, 5) is 8.87. The van der Waals surface area contributed by atoms with Crippen molar-refractivity contribution in [2.45, 2.75) is 19.6 Å². The molecule has 0 spiro atoms. The molecule has 0 N–H and O–H groups in total. The standard InChI is InChI=1S/C20H18NOSi.C17H12N.Ir/c1-23(2,3)14-12-16-15-8-4-5-10-19(15)22-20(16)17(13-14)18-9-6-7-11-21-18;1-2-7-14(8-3-1)15-9-6-10-16(13-15)17-11-4-5-12-18-17;/h4-12H,1-3H3;1-9,11-13H;/q2*-1;. The summed E-state index contributed by atoms with van der Waals surface area (Å²) in [6.45, 7) is 7.03. The van der Waals surface area contributed by atoms with E-state index in [1.54, 1.807) is 6.20 Å². The van der Waals surface area contributed by atoms with Gasteiger partial charge in [0.25, 0.3) is 0 Å². The molecular weight excluding hydrogens is 709 g/mol. The Kier molecular flexibility index (Phi) is 8.93. The minimum atomic E-state index is -1.50. The van der Waals surface area contributed by atoms with Crippen molar-refractivity contribution in [2.24, 2.45) is 0 Å². The monoisotopic (exact) mass is 739 g/mol. The van der Waals surface area contributed by atoms with E-state index >= 15 is 0 Å². The zero-order valence-electron chi connectivity index (χ0n) is 23.8. The quantitative estimate of drug-likeness (QED) is 0.134. The molecule has 1 radical (unpaired) electrons. The molecule has 0 aliphatic heterocycles. The second-order valence-corrected chi connectivity index (χ2v) is 16.0. The van der Waals surface area contributed by atoms with Gasteiger partial charge in [-0.15, -0.1) is 52.7 Å². The van der Waals surface area contributed by atoms with Gasteiger partial charge < -0.3 is 14.4 Å². The number of furan rings is 1. The number of para-hydroxylation sites is 1.